The summed E-state index contributed by atoms with van der Waals surface area (Å²) in [5.74, 6) is 0.516. The normalized spacial score (nSPS) is 20.2. The lowest BCUT2D eigenvalue weighted by Gasteiger charge is -2.43. The fraction of sp³-hybridized carbons (Fsp3) is 0.250. The number of pyridine rings is 1. The molecule has 5 heteroatoms. The number of fused-ring (bicyclic) bond motifs is 4. The minimum atomic E-state index is 0.0373. The van der Waals surface area contributed by atoms with Crippen LogP contribution in [-0.2, 0) is 6.54 Å². The minimum Gasteiger partial charge on any atom is -0.338 e. The van der Waals surface area contributed by atoms with Crippen molar-refractivity contribution in [1.29, 1.82) is 0 Å². The number of hydrogen-bond donors (Lipinski definition) is 0. The van der Waals surface area contributed by atoms with Gasteiger partial charge in [-0.1, -0.05) is 41.9 Å². The highest BCUT2D eigenvalue weighted by Crippen LogP contribution is 2.40. The number of benzene rings is 2. The summed E-state index contributed by atoms with van der Waals surface area (Å²) in [6.07, 6.45) is 1.00. The van der Waals surface area contributed by atoms with Crippen LogP contribution in [0.3, 0.4) is 0 Å². The van der Waals surface area contributed by atoms with Crippen molar-refractivity contribution in [2.75, 3.05) is 13.1 Å². The lowest BCUT2D eigenvalue weighted by molar-refractivity contribution is 0.0595. The van der Waals surface area contributed by atoms with E-state index < -0.39 is 0 Å². The van der Waals surface area contributed by atoms with Gasteiger partial charge in [-0.15, -0.1) is 0 Å². The smallest absolute Gasteiger partial charge is 0.253 e. The van der Waals surface area contributed by atoms with Crippen LogP contribution >= 0.6 is 11.6 Å². The van der Waals surface area contributed by atoms with Crippen LogP contribution in [0.15, 0.2) is 71.5 Å². The standard InChI is InChI=1S/C24H21ClN2O2/c25-20-8-6-17(7-9-20)21-10-11-22(28)27-14-16-12-19(23(21)27)15-26(13-16)24(29)18-4-2-1-3-5-18/h1-11,16,19H,12-15H2/t16-,19+/m0/s1. The zero-order valence-corrected chi connectivity index (χ0v) is 16.7. The van der Waals surface area contributed by atoms with E-state index in [0.29, 0.717) is 30.6 Å². The lowest BCUT2D eigenvalue weighted by Crippen LogP contribution is -2.49. The van der Waals surface area contributed by atoms with Crippen LogP contribution in [0.4, 0.5) is 0 Å². The molecule has 1 amide bonds. The van der Waals surface area contributed by atoms with Gasteiger partial charge in [0.15, 0.2) is 0 Å². The molecule has 5 rings (SSSR count). The molecule has 3 heterocycles. The van der Waals surface area contributed by atoms with Crippen molar-refractivity contribution in [2.24, 2.45) is 5.92 Å². The number of carbonyl (C=O) groups excluding carboxylic acids is 1. The van der Waals surface area contributed by atoms with Crippen LogP contribution < -0.4 is 5.56 Å². The Hall–Kier alpha value is -2.85. The first-order valence-electron chi connectivity index (χ1n) is 9.94. The van der Waals surface area contributed by atoms with Gasteiger partial charge in [-0.3, -0.25) is 9.59 Å². The Balaban J connectivity index is 1.55. The maximum Gasteiger partial charge on any atom is 0.253 e. The minimum absolute atomic E-state index is 0.0373. The van der Waals surface area contributed by atoms with Crippen LogP contribution in [0.25, 0.3) is 11.1 Å². The Morgan fingerprint density at radius 2 is 1.66 bits per heavy atom. The molecule has 0 radical (unpaired) electrons. The van der Waals surface area contributed by atoms with E-state index in [9.17, 15) is 9.59 Å². The largest absolute Gasteiger partial charge is 0.338 e. The van der Waals surface area contributed by atoms with Crippen LogP contribution in [-0.4, -0.2) is 28.5 Å². The van der Waals surface area contributed by atoms with Crippen molar-refractivity contribution in [3.63, 3.8) is 0 Å². The van der Waals surface area contributed by atoms with E-state index in [1.54, 1.807) is 6.07 Å². The second-order valence-electron chi connectivity index (χ2n) is 7.96. The average Bonchev–Trinajstić information content (AvgIpc) is 2.75. The average molecular weight is 405 g/mol. The Bertz CT molecular complexity index is 1120. The first kappa shape index (κ1) is 18.2. The van der Waals surface area contributed by atoms with Crippen molar-refractivity contribution in [3.8, 4) is 11.1 Å². The highest BCUT2D eigenvalue weighted by atomic mass is 35.5. The van der Waals surface area contributed by atoms with E-state index >= 15 is 0 Å². The number of aromatic nitrogens is 1. The maximum absolute atomic E-state index is 13.0. The summed E-state index contributed by atoms with van der Waals surface area (Å²) in [7, 11) is 0. The third-order valence-electron chi connectivity index (χ3n) is 6.05. The summed E-state index contributed by atoms with van der Waals surface area (Å²) < 4.78 is 1.92. The molecule has 1 saturated heterocycles. The summed E-state index contributed by atoms with van der Waals surface area (Å²) in [6, 6.07) is 20.7. The number of amides is 1. The van der Waals surface area contributed by atoms with Crippen LogP contribution in [0.1, 0.15) is 28.4 Å². The third kappa shape index (κ3) is 3.28. The quantitative estimate of drug-likeness (QED) is 0.634. The summed E-state index contributed by atoms with van der Waals surface area (Å²) in [5.41, 5.74) is 3.90. The van der Waals surface area contributed by atoms with Gasteiger partial charge in [0.25, 0.3) is 11.5 Å². The summed E-state index contributed by atoms with van der Waals surface area (Å²) in [4.78, 5) is 27.6. The number of nitrogens with zero attached hydrogens (tertiary/aromatic N) is 2. The molecule has 1 fully saturated rings. The predicted octanol–water partition coefficient (Wildman–Crippen LogP) is 4.43. The molecule has 4 nitrogen and oxygen atoms in total. The van der Waals surface area contributed by atoms with Crippen LogP contribution in [0.5, 0.6) is 0 Å². The fourth-order valence-corrected chi connectivity index (χ4v) is 4.94. The van der Waals surface area contributed by atoms with Crippen molar-refractivity contribution >= 4 is 17.5 Å². The molecular weight excluding hydrogens is 384 g/mol. The van der Waals surface area contributed by atoms with E-state index in [1.807, 2.05) is 70.1 Å². The molecule has 0 unspecified atom stereocenters. The first-order chi connectivity index (χ1) is 14.1. The van der Waals surface area contributed by atoms with E-state index in [2.05, 4.69) is 0 Å². The van der Waals surface area contributed by atoms with Gasteiger partial charge in [-0.2, -0.15) is 0 Å². The molecule has 0 N–H and O–H groups in total. The Morgan fingerprint density at radius 3 is 2.41 bits per heavy atom. The lowest BCUT2D eigenvalue weighted by atomic mass is 9.80. The zero-order valence-electron chi connectivity index (χ0n) is 15.9. The number of hydrogen-bond acceptors (Lipinski definition) is 2. The maximum atomic E-state index is 13.0. The number of likely N-dealkylation sites (tertiary alicyclic amines) is 1. The molecule has 3 aromatic rings. The van der Waals surface area contributed by atoms with Gasteiger partial charge in [-0.05, 0) is 48.2 Å². The predicted molar refractivity (Wildman–Crippen MR) is 114 cm³/mol. The molecule has 2 aliphatic rings. The molecule has 1 aromatic heterocycles. The van der Waals surface area contributed by atoms with Crippen molar-refractivity contribution < 1.29 is 4.79 Å². The van der Waals surface area contributed by atoms with Gasteiger partial charge in [0.1, 0.15) is 0 Å². The fourth-order valence-electron chi connectivity index (χ4n) is 4.82. The summed E-state index contributed by atoms with van der Waals surface area (Å²) in [5, 5.41) is 0.688. The highest BCUT2D eigenvalue weighted by Gasteiger charge is 2.38. The van der Waals surface area contributed by atoms with E-state index in [-0.39, 0.29) is 17.4 Å². The molecule has 29 heavy (non-hydrogen) atoms. The highest BCUT2D eigenvalue weighted by molar-refractivity contribution is 6.30. The van der Waals surface area contributed by atoms with Crippen molar-refractivity contribution in [2.45, 2.75) is 18.9 Å². The Kier molecular flexibility index (Phi) is 4.51. The second kappa shape index (κ2) is 7.20. The van der Waals surface area contributed by atoms with Gasteiger partial charge in [0.2, 0.25) is 0 Å². The zero-order chi connectivity index (χ0) is 20.0. The molecule has 0 spiro atoms. The molecule has 146 valence electrons. The van der Waals surface area contributed by atoms with E-state index in [1.165, 1.54) is 0 Å². The number of piperidine rings is 1. The number of halogens is 1. The van der Waals surface area contributed by atoms with E-state index in [0.717, 1.165) is 28.8 Å². The van der Waals surface area contributed by atoms with Crippen molar-refractivity contribution in [3.05, 3.63) is 93.4 Å². The van der Waals surface area contributed by atoms with Gasteiger partial charge in [0, 0.05) is 53.5 Å². The molecule has 0 aliphatic carbocycles. The summed E-state index contributed by atoms with van der Waals surface area (Å²) in [6.45, 7) is 1.99. The van der Waals surface area contributed by atoms with Gasteiger partial charge < -0.3 is 9.47 Å². The number of carbonyl (C=O) groups is 1. The Morgan fingerprint density at radius 1 is 0.897 bits per heavy atom. The SMILES string of the molecule is O=C(c1ccccc1)N1C[C@@H]2C[C@H](C1)c1c(-c3ccc(Cl)cc3)ccc(=O)n1C2. The van der Waals surface area contributed by atoms with E-state index in [4.69, 9.17) is 11.6 Å². The monoisotopic (exact) mass is 404 g/mol. The molecule has 2 bridgehead atoms. The van der Waals surface area contributed by atoms with Crippen LogP contribution in [0.2, 0.25) is 5.02 Å². The van der Waals surface area contributed by atoms with Gasteiger partial charge in [-0.25, -0.2) is 0 Å². The third-order valence-corrected chi connectivity index (χ3v) is 6.31. The second-order valence-corrected chi connectivity index (χ2v) is 8.40. The molecule has 2 atom stereocenters. The van der Waals surface area contributed by atoms with Crippen molar-refractivity contribution in [1.82, 2.24) is 9.47 Å². The number of rotatable bonds is 2. The molecule has 2 aromatic carbocycles. The topological polar surface area (TPSA) is 42.3 Å². The molecular formula is C24H21ClN2O2. The summed E-state index contributed by atoms with van der Waals surface area (Å²) >= 11 is 6.06. The van der Waals surface area contributed by atoms with Gasteiger partial charge >= 0.3 is 0 Å². The van der Waals surface area contributed by atoms with Crippen LogP contribution in [0, 0.1) is 5.92 Å². The molecule has 0 saturated carbocycles. The van der Waals surface area contributed by atoms with Gasteiger partial charge in [0.05, 0.1) is 0 Å². The Labute approximate surface area is 174 Å². The molecule has 2 aliphatic heterocycles. The first-order valence-corrected chi connectivity index (χ1v) is 10.3.